The Labute approximate surface area is 122 Å². The van der Waals surface area contributed by atoms with Gasteiger partial charge >= 0.3 is 0 Å². The molecular formula is C12H20N6OS. The molecule has 0 aromatic carbocycles. The molecule has 20 heavy (non-hydrogen) atoms. The molecule has 7 nitrogen and oxygen atoms in total. The summed E-state index contributed by atoms with van der Waals surface area (Å²) in [6.07, 6.45) is 3.77. The topological polar surface area (TPSA) is 96.2 Å². The minimum Gasteiger partial charge on any atom is -0.356 e. The maximum atomic E-state index is 11.1. The Morgan fingerprint density at radius 1 is 1.45 bits per heavy atom. The average Bonchev–Trinajstić information content (AvgIpc) is 2.46. The first-order valence-electron chi connectivity index (χ1n) is 6.54. The largest absolute Gasteiger partial charge is 0.356 e. The van der Waals surface area contributed by atoms with Crippen molar-refractivity contribution in [2.24, 2.45) is 5.84 Å². The number of piperidine rings is 1. The number of carbonyl (C=O) groups excluding carboxylic acids is 1. The number of rotatable bonds is 4. The molecule has 0 spiro atoms. The Hall–Kier alpha value is -1.54. The van der Waals surface area contributed by atoms with Crippen LogP contribution in [0.3, 0.4) is 0 Å². The van der Waals surface area contributed by atoms with Crippen molar-refractivity contribution in [3.05, 3.63) is 6.07 Å². The highest BCUT2D eigenvalue weighted by Crippen LogP contribution is 2.23. The fourth-order valence-electron chi connectivity index (χ4n) is 2.28. The molecular weight excluding hydrogens is 276 g/mol. The molecule has 1 fully saturated rings. The molecule has 0 atom stereocenters. The number of hydrogen-bond acceptors (Lipinski definition) is 7. The second-order valence-corrected chi connectivity index (χ2v) is 5.48. The molecule has 0 aliphatic carbocycles. The lowest BCUT2D eigenvalue weighted by molar-refractivity contribution is -0.119. The van der Waals surface area contributed by atoms with Crippen LogP contribution >= 0.6 is 11.8 Å². The van der Waals surface area contributed by atoms with Gasteiger partial charge in [-0.2, -0.15) is 0 Å². The Morgan fingerprint density at radius 3 is 2.70 bits per heavy atom. The highest BCUT2D eigenvalue weighted by Gasteiger charge is 2.21. The Kier molecular flexibility index (Phi) is 5.02. The van der Waals surface area contributed by atoms with Gasteiger partial charge < -0.3 is 15.6 Å². The first-order chi connectivity index (χ1) is 9.62. The van der Waals surface area contributed by atoms with Crippen molar-refractivity contribution < 1.29 is 4.79 Å². The van der Waals surface area contributed by atoms with Crippen LogP contribution in [-0.2, 0) is 4.79 Å². The number of nitrogens with one attached hydrogen (secondary N) is 2. The zero-order valence-corrected chi connectivity index (χ0v) is 12.5. The van der Waals surface area contributed by atoms with Crippen molar-refractivity contribution in [3.8, 4) is 0 Å². The van der Waals surface area contributed by atoms with E-state index < -0.39 is 0 Å². The van der Waals surface area contributed by atoms with E-state index in [-0.39, 0.29) is 11.9 Å². The Balaban J connectivity index is 2.04. The Morgan fingerprint density at radius 2 is 2.15 bits per heavy atom. The van der Waals surface area contributed by atoms with E-state index in [9.17, 15) is 4.79 Å². The highest BCUT2D eigenvalue weighted by atomic mass is 32.2. The van der Waals surface area contributed by atoms with Crippen LogP contribution in [0.5, 0.6) is 0 Å². The smallest absolute Gasteiger partial charge is 0.217 e. The molecule has 0 saturated carbocycles. The van der Waals surface area contributed by atoms with E-state index in [0.29, 0.717) is 11.0 Å². The number of hydrogen-bond donors (Lipinski definition) is 3. The maximum absolute atomic E-state index is 11.1. The van der Waals surface area contributed by atoms with E-state index >= 15 is 0 Å². The van der Waals surface area contributed by atoms with Crippen LogP contribution in [0.1, 0.15) is 19.8 Å². The summed E-state index contributed by atoms with van der Waals surface area (Å²) in [6.45, 7) is 3.28. The molecule has 1 amide bonds. The third kappa shape index (κ3) is 3.73. The molecule has 0 radical (unpaired) electrons. The van der Waals surface area contributed by atoms with Gasteiger partial charge in [0.05, 0.1) is 0 Å². The number of nitrogen functional groups attached to an aromatic ring is 1. The lowest BCUT2D eigenvalue weighted by Gasteiger charge is -2.33. The molecule has 2 heterocycles. The minimum atomic E-state index is 0.0322. The molecule has 1 aliphatic heterocycles. The monoisotopic (exact) mass is 296 g/mol. The fourth-order valence-corrected chi connectivity index (χ4v) is 2.65. The van der Waals surface area contributed by atoms with Gasteiger partial charge in [0.1, 0.15) is 11.6 Å². The van der Waals surface area contributed by atoms with Crippen molar-refractivity contribution >= 4 is 29.3 Å². The van der Waals surface area contributed by atoms with E-state index in [1.165, 1.54) is 11.8 Å². The molecule has 2 rings (SSSR count). The number of nitrogens with two attached hydrogens (primary N) is 1. The standard InChI is InChI=1S/C12H20N6OS/c1-8(19)14-9-3-5-18(6-4-9)11-7-10(17-13)15-12(16-11)20-2/h7,9H,3-6,13H2,1-2H3,(H,14,19)(H,15,16,17). The molecule has 1 aromatic rings. The van der Waals surface area contributed by atoms with Crippen molar-refractivity contribution in [3.63, 3.8) is 0 Å². The summed E-state index contributed by atoms with van der Waals surface area (Å²) in [5.41, 5.74) is 2.57. The van der Waals surface area contributed by atoms with Gasteiger partial charge in [-0.05, 0) is 19.1 Å². The Bertz CT molecular complexity index is 453. The molecule has 1 aliphatic rings. The predicted octanol–water partition coefficient (Wildman–Crippen LogP) is 0.589. The lowest BCUT2D eigenvalue weighted by atomic mass is 10.1. The van der Waals surface area contributed by atoms with Crippen molar-refractivity contribution in [1.82, 2.24) is 15.3 Å². The number of thioether (sulfide) groups is 1. The summed E-state index contributed by atoms with van der Waals surface area (Å²) in [4.78, 5) is 22.0. The molecule has 0 bridgehead atoms. The molecule has 1 aromatic heterocycles. The fraction of sp³-hybridized carbons (Fsp3) is 0.583. The first kappa shape index (κ1) is 14.9. The van der Waals surface area contributed by atoms with E-state index in [0.717, 1.165) is 31.7 Å². The molecule has 8 heteroatoms. The van der Waals surface area contributed by atoms with E-state index in [1.54, 1.807) is 6.92 Å². The van der Waals surface area contributed by atoms with Gasteiger partial charge in [-0.25, -0.2) is 15.8 Å². The zero-order valence-electron chi connectivity index (χ0n) is 11.7. The van der Waals surface area contributed by atoms with E-state index in [4.69, 9.17) is 5.84 Å². The van der Waals surface area contributed by atoms with Gasteiger partial charge in [-0.15, -0.1) is 0 Å². The van der Waals surface area contributed by atoms with Crippen LogP contribution in [0, 0.1) is 0 Å². The minimum absolute atomic E-state index is 0.0322. The summed E-state index contributed by atoms with van der Waals surface area (Å²) in [5, 5.41) is 3.66. The highest BCUT2D eigenvalue weighted by molar-refractivity contribution is 7.98. The summed E-state index contributed by atoms with van der Waals surface area (Å²) in [7, 11) is 0. The van der Waals surface area contributed by atoms with Crippen molar-refractivity contribution in [2.75, 3.05) is 29.7 Å². The van der Waals surface area contributed by atoms with Gasteiger partial charge in [0.2, 0.25) is 5.91 Å². The van der Waals surface area contributed by atoms with E-state index in [2.05, 4.69) is 25.6 Å². The third-order valence-corrected chi connectivity index (χ3v) is 3.80. The number of aromatic nitrogens is 2. The van der Waals surface area contributed by atoms with Gasteiger partial charge in [0, 0.05) is 32.1 Å². The van der Waals surface area contributed by atoms with Crippen LogP contribution in [0.15, 0.2) is 11.2 Å². The van der Waals surface area contributed by atoms with Crippen LogP contribution in [0.4, 0.5) is 11.6 Å². The zero-order chi connectivity index (χ0) is 14.5. The van der Waals surface area contributed by atoms with Crippen LogP contribution in [0.2, 0.25) is 0 Å². The molecule has 1 saturated heterocycles. The summed E-state index contributed by atoms with van der Waals surface area (Å²) in [5.74, 6) is 6.95. The summed E-state index contributed by atoms with van der Waals surface area (Å²) >= 11 is 1.48. The quantitative estimate of drug-likeness (QED) is 0.324. The first-order valence-corrected chi connectivity index (χ1v) is 7.76. The van der Waals surface area contributed by atoms with Gasteiger partial charge in [-0.3, -0.25) is 4.79 Å². The van der Waals surface area contributed by atoms with Gasteiger partial charge in [0.25, 0.3) is 0 Å². The molecule has 0 unspecified atom stereocenters. The van der Waals surface area contributed by atoms with Crippen LogP contribution < -0.4 is 21.5 Å². The van der Waals surface area contributed by atoms with Gasteiger partial charge in [0.15, 0.2) is 5.16 Å². The van der Waals surface area contributed by atoms with Crippen LogP contribution in [0.25, 0.3) is 0 Å². The molecule has 4 N–H and O–H groups in total. The average molecular weight is 296 g/mol. The predicted molar refractivity (Wildman–Crippen MR) is 80.7 cm³/mol. The number of anilines is 2. The number of hydrazine groups is 1. The van der Waals surface area contributed by atoms with E-state index in [1.807, 2.05) is 12.3 Å². The third-order valence-electron chi connectivity index (χ3n) is 3.25. The summed E-state index contributed by atoms with van der Waals surface area (Å²) in [6, 6.07) is 2.11. The van der Waals surface area contributed by atoms with Gasteiger partial charge in [-0.1, -0.05) is 11.8 Å². The summed E-state index contributed by atoms with van der Waals surface area (Å²) < 4.78 is 0. The number of amides is 1. The second kappa shape index (κ2) is 6.76. The normalized spacial score (nSPS) is 16.1. The van der Waals surface area contributed by atoms with Crippen molar-refractivity contribution in [1.29, 1.82) is 0 Å². The SMILES string of the molecule is CSc1nc(NN)cc(N2CCC(NC(C)=O)CC2)n1. The maximum Gasteiger partial charge on any atom is 0.217 e. The van der Waals surface area contributed by atoms with Crippen molar-refractivity contribution in [2.45, 2.75) is 31.0 Å². The lowest BCUT2D eigenvalue weighted by Crippen LogP contribution is -2.44. The van der Waals surface area contributed by atoms with Crippen LogP contribution in [-0.4, -0.2) is 41.3 Å². The number of nitrogens with zero attached hydrogens (tertiary/aromatic N) is 3. The second-order valence-electron chi connectivity index (χ2n) is 4.70. The number of carbonyl (C=O) groups is 1. The molecule has 110 valence electrons.